The molecule has 1 aliphatic heterocycles. The van der Waals surface area contributed by atoms with E-state index in [-0.39, 0.29) is 12.2 Å². The summed E-state index contributed by atoms with van der Waals surface area (Å²) in [5, 5.41) is 0. The van der Waals surface area contributed by atoms with Crippen molar-refractivity contribution in [3.63, 3.8) is 0 Å². The largest absolute Gasteiger partial charge is 0.350 e. The van der Waals surface area contributed by atoms with Gasteiger partial charge >= 0.3 is 0 Å². The number of benzene rings is 1. The van der Waals surface area contributed by atoms with Crippen LogP contribution in [-0.4, -0.2) is 29.3 Å². The second-order valence-corrected chi connectivity index (χ2v) is 6.20. The van der Waals surface area contributed by atoms with E-state index in [1.54, 1.807) is 24.5 Å². The first-order chi connectivity index (χ1) is 9.65. The van der Waals surface area contributed by atoms with E-state index in [0.29, 0.717) is 17.9 Å². The number of rotatable bonds is 5. The van der Waals surface area contributed by atoms with Crippen LogP contribution >= 0.6 is 0 Å². The Labute approximate surface area is 121 Å². The summed E-state index contributed by atoms with van der Waals surface area (Å²) in [6.45, 7) is 0.665. The lowest BCUT2D eigenvalue weighted by Gasteiger charge is -2.22. The van der Waals surface area contributed by atoms with Crippen molar-refractivity contribution in [1.29, 1.82) is 0 Å². The standard InChI is InChI=1S/C14H19NO4S/c1-20(17)10-11-5-4-6-12(9-11)14(16)15-19-13-7-2-3-8-18-13/h4-6,9,13H,2-3,7-8,10H2,1H3,(H,15,16)/t13-,20-/m1/s1. The van der Waals surface area contributed by atoms with Gasteiger partial charge in [-0.2, -0.15) is 0 Å². The molecule has 0 unspecified atom stereocenters. The molecule has 1 heterocycles. The summed E-state index contributed by atoms with van der Waals surface area (Å²) < 4.78 is 16.6. The monoisotopic (exact) mass is 297 g/mol. The van der Waals surface area contributed by atoms with E-state index in [4.69, 9.17) is 9.57 Å². The maximum Gasteiger partial charge on any atom is 0.274 e. The third-order valence-corrected chi connectivity index (χ3v) is 3.72. The van der Waals surface area contributed by atoms with E-state index in [1.807, 2.05) is 6.07 Å². The Morgan fingerprint density at radius 1 is 1.50 bits per heavy atom. The second kappa shape index (κ2) is 7.52. The molecular weight excluding hydrogens is 278 g/mol. The molecule has 0 radical (unpaired) electrons. The third-order valence-electron chi connectivity index (χ3n) is 2.98. The number of carbonyl (C=O) groups excluding carboxylic acids is 1. The number of hydrogen-bond acceptors (Lipinski definition) is 4. The van der Waals surface area contributed by atoms with Crippen LogP contribution in [0.4, 0.5) is 0 Å². The van der Waals surface area contributed by atoms with Crippen LogP contribution in [-0.2, 0) is 26.1 Å². The van der Waals surface area contributed by atoms with Gasteiger partial charge < -0.3 is 4.74 Å². The average Bonchev–Trinajstić information content (AvgIpc) is 2.45. The summed E-state index contributed by atoms with van der Waals surface area (Å²) >= 11 is 0. The number of nitrogens with one attached hydrogen (secondary N) is 1. The first kappa shape index (κ1) is 15.2. The molecule has 1 N–H and O–H groups in total. The molecular formula is C14H19NO4S. The second-order valence-electron chi connectivity index (χ2n) is 4.76. The molecule has 1 saturated heterocycles. The third kappa shape index (κ3) is 4.70. The Morgan fingerprint density at radius 3 is 3.05 bits per heavy atom. The Hall–Kier alpha value is -1.24. The van der Waals surface area contributed by atoms with Gasteiger partial charge in [-0.1, -0.05) is 12.1 Å². The van der Waals surface area contributed by atoms with Gasteiger partial charge in [-0.3, -0.25) is 9.00 Å². The number of amides is 1. The Bertz CT molecular complexity index is 486. The highest BCUT2D eigenvalue weighted by Gasteiger charge is 2.16. The molecule has 5 nitrogen and oxygen atoms in total. The maximum atomic E-state index is 12.0. The number of carbonyl (C=O) groups is 1. The Morgan fingerprint density at radius 2 is 2.35 bits per heavy atom. The zero-order chi connectivity index (χ0) is 14.4. The van der Waals surface area contributed by atoms with E-state index in [1.165, 1.54) is 0 Å². The van der Waals surface area contributed by atoms with Crippen LogP contribution in [0.2, 0.25) is 0 Å². The lowest BCUT2D eigenvalue weighted by atomic mass is 10.1. The molecule has 0 saturated carbocycles. The van der Waals surface area contributed by atoms with Crippen LogP contribution in [0.15, 0.2) is 24.3 Å². The molecule has 0 aliphatic carbocycles. The fraction of sp³-hybridized carbons (Fsp3) is 0.500. The van der Waals surface area contributed by atoms with E-state index >= 15 is 0 Å². The zero-order valence-corrected chi connectivity index (χ0v) is 12.3. The molecule has 1 aromatic rings. The SMILES string of the molecule is C[S@@](=O)Cc1cccc(C(=O)NO[C@@H]2CCCCO2)c1. The molecule has 6 heteroatoms. The minimum absolute atomic E-state index is 0.317. The van der Waals surface area contributed by atoms with Gasteiger partial charge in [-0.15, -0.1) is 0 Å². The van der Waals surface area contributed by atoms with Crippen molar-refractivity contribution in [2.45, 2.75) is 31.3 Å². The first-order valence-corrected chi connectivity index (χ1v) is 8.34. The van der Waals surface area contributed by atoms with Crippen molar-refractivity contribution in [3.05, 3.63) is 35.4 Å². The van der Waals surface area contributed by atoms with Gasteiger partial charge in [-0.25, -0.2) is 10.3 Å². The van der Waals surface area contributed by atoms with Crippen LogP contribution in [0, 0.1) is 0 Å². The van der Waals surface area contributed by atoms with Gasteiger partial charge in [0.25, 0.3) is 5.91 Å². The van der Waals surface area contributed by atoms with Gasteiger partial charge in [0.05, 0.1) is 0 Å². The molecule has 1 amide bonds. The van der Waals surface area contributed by atoms with Gasteiger partial charge in [0, 0.05) is 41.4 Å². The molecule has 0 spiro atoms. The first-order valence-electron chi connectivity index (χ1n) is 6.62. The predicted molar refractivity (Wildman–Crippen MR) is 76.4 cm³/mol. The lowest BCUT2D eigenvalue weighted by Crippen LogP contribution is -2.33. The Balaban J connectivity index is 1.89. The quantitative estimate of drug-likeness (QED) is 0.841. The maximum absolute atomic E-state index is 12.0. The van der Waals surface area contributed by atoms with Crippen molar-refractivity contribution >= 4 is 16.7 Å². The van der Waals surface area contributed by atoms with Crippen LogP contribution in [0.1, 0.15) is 35.2 Å². The van der Waals surface area contributed by atoms with E-state index in [9.17, 15) is 9.00 Å². The van der Waals surface area contributed by atoms with E-state index in [2.05, 4.69) is 5.48 Å². The molecule has 2 rings (SSSR count). The molecule has 20 heavy (non-hydrogen) atoms. The fourth-order valence-corrected chi connectivity index (χ4v) is 2.67. The van der Waals surface area contributed by atoms with E-state index < -0.39 is 10.8 Å². The number of hydrogen-bond donors (Lipinski definition) is 1. The summed E-state index contributed by atoms with van der Waals surface area (Å²) in [4.78, 5) is 17.2. The van der Waals surface area contributed by atoms with Crippen molar-refractivity contribution in [3.8, 4) is 0 Å². The van der Waals surface area contributed by atoms with E-state index in [0.717, 1.165) is 24.8 Å². The van der Waals surface area contributed by atoms with Crippen molar-refractivity contribution < 1.29 is 18.6 Å². The fourth-order valence-electron chi connectivity index (χ4n) is 2.02. The minimum atomic E-state index is -0.929. The lowest BCUT2D eigenvalue weighted by molar-refractivity contribution is -0.186. The zero-order valence-electron chi connectivity index (χ0n) is 11.5. The number of ether oxygens (including phenoxy) is 1. The van der Waals surface area contributed by atoms with Gasteiger partial charge in [0.1, 0.15) is 0 Å². The summed E-state index contributed by atoms with van der Waals surface area (Å²) in [6.07, 6.45) is 4.13. The highest BCUT2D eigenvalue weighted by atomic mass is 32.2. The summed E-state index contributed by atoms with van der Waals surface area (Å²) in [5.41, 5.74) is 3.77. The normalized spacial score (nSPS) is 20.4. The smallest absolute Gasteiger partial charge is 0.274 e. The topological polar surface area (TPSA) is 64.6 Å². The van der Waals surface area contributed by atoms with Crippen LogP contribution < -0.4 is 5.48 Å². The highest BCUT2D eigenvalue weighted by molar-refractivity contribution is 7.83. The molecule has 1 aliphatic rings. The molecule has 1 fully saturated rings. The van der Waals surface area contributed by atoms with Crippen molar-refractivity contribution in [2.75, 3.05) is 12.9 Å². The highest BCUT2D eigenvalue weighted by Crippen LogP contribution is 2.13. The van der Waals surface area contributed by atoms with Crippen LogP contribution in [0.25, 0.3) is 0 Å². The summed E-state index contributed by atoms with van der Waals surface area (Å²) in [6, 6.07) is 7.04. The molecule has 0 bridgehead atoms. The average molecular weight is 297 g/mol. The summed E-state index contributed by atoms with van der Waals surface area (Å²) in [5.74, 6) is 0.121. The summed E-state index contributed by atoms with van der Waals surface area (Å²) in [7, 11) is -0.929. The van der Waals surface area contributed by atoms with Gasteiger partial charge in [0.15, 0.2) is 6.29 Å². The number of hydroxylamine groups is 1. The van der Waals surface area contributed by atoms with Crippen molar-refractivity contribution in [2.24, 2.45) is 0 Å². The molecule has 110 valence electrons. The van der Waals surface area contributed by atoms with Crippen LogP contribution in [0.3, 0.4) is 0 Å². The van der Waals surface area contributed by atoms with Gasteiger partial charge in [0.2, 0.25) is 0 Å². The molecule has 2 atom stereocenters. The molecule has 0 aromatic heterocycles. The van der Waals surface area contributed by atoms with Crippen LogP contribution in [0.5, 0.6) is 0 Å². The van der Waals surface area contributed by atoms with Crippen molar-refractivity contribution in [1.82, 2.24) is 5.48 Å². The minimum Gasteiger partial charge on any atom is -0.350 e. The molecule has 1 aromatic carbocycles. The van der Waals surface area contributed by atoms with Gasteiger partial charge in [-0.05, 0) is 30.5 Å². The predicted octanol–water partition coefficient (Wildman–Crippen LogP) is 1.75. The Kier molecular flexibility index (Phi) is 5.70.